The highest BCUT2D eigenvalue weighted by atomic mass is 35.5. The normalized spacial score (nSPS) is 10.2. The summed E-state index contributed by atoms with van der Waals surface area (Å²) in [5, 5.41) is 23.2. The lowest BCUT2D eigenvalue weighted by Crippen LogP contribution is -2.06. The largest absolute Gasteiger partial charge is 0.478 e. The molecular weight excluding hydrogens is 298 g/mol. The number of anilines is 2. The first-order valence-corrected chi connectivity index (χ1v) is 6.18. The summed E-state index contributed by atoms with van der Waals surface area (Å²) in [5.41, 5.74) is 0.617. The van der Waals surface area contributed by atoms with E-state index in [4.69, 9.17) is 16.7 Å². The molecule has 2 rings (SSSR count). The number of carboxylic acids is 1. The van der Waals surface area contributed by atoms with Crippen LogP contribution in [0.3, 0.4) is 0 Å². The van der Waals surface area contributed by atoms with Gasteiger partial charge in [-0.15, -0.1) is 0 Å². The Morgan fingerprint density at radius 2 is 2.19 bits per heavy atom. The average Bonchev–Trinajstić information content (AvgIpc) is 2.43. The van der Waals surface area contributed by atoms with Crippen LogP contribution in [0.2, 0.25) is 5.02 Å². The zero-order valence-corrected chi connectivity index (χ0v) is 11.6. The van der Waals surface area contributed by atoms with E-state index in [1.807, 2.05) is 0 Å². The maximum atomic E-state index is 11.2. The Kier molecular flexibility index (Phi) is 4.04. The molecule has 0 saturated heterocycles. The molecule has 1 heterocycles. The van der Waals surface area contributed by atoms with Gasteiger partial charge in [0.05, 0.1) is 4.92 Å². The molecule has 0 fully saturated rings. The zero-order chi connectivity index (χ0) is 15.6. The van der Waals surface area contributed by atoms with Crippen LogP contribution in [0.25, 0.3) is 0 Å². The van der Waals surface area contributed by atoms with Gasteiger partial charge in [0.2, 0.25) is 0 Å². The minimum atomic E-state index is -1.31. The monoisotopic (exact) mass is 307 g/mol. The number of nitrogens with zero attached hydrogens (tertiary/aromatic N) is 2. The SMILES string of the molecule is Cc1c(Cl)cccc1Nc1ncc([N+](=O)[O-])cc1C(=O)O. The van der Waals surface area contributed by atoms with Crippen LogP contribution < -0.4 is 5.32 Å². The van der Waals surface area contributed by atoms with Crippen LogP contribution in [0.4, 0.5) is 17.2 Å². The molecule has 1 aromatic heterocycles. The average molecular weight is 308 g/mol. The van der Waals surface area contributed by atoms with Crippen LogP contribution in [0, 0.1) is 17.0 Å². The number of carbonyl (C=O) groups is 1. The van der Waals surface area contributed by atoms with E-state index in [1.165, 1.54) is 0 Å². The number of rotatable bonds is 4. The number of pyridine rings is 1. The van der Waals surface area contributed by atoms with Crippen LogP contribution in [0.1, 0.15) is 15.9 Å². The number of benzene rings is 1. The van der Waals surface area contributed by atoms with Crippen molar-refractivity contribution in [2.24, 2.45) is 0 Å². The number of hydrogen-bond donors (Lipinski definition) is 2. The van der Waals surface area contributed by atoms with Crippen molar-refractivity contribution in [1.29, 1.82) is 0 Å². The zero-order valence-electron chi connectivity index (χ0n) is 10.8. The molecule has 0 bridgehead atoms. The minimum absolute atomic E-state index is 0.0125. The molecule has 0 aliphatic rings. The number of nitro groups is 1. The van der Waals surface area contributed by atoms with Gasteiger partial charge in [0.15, 0.2) is 0 Å². The van der Waals surface area contributed by atoms with Gasteiger partial charge in [-0.3, -0.25) is 10.1 Å². The van der Waals surface area contributed by atoms with E-state index in [-0.39, 0.29) is 17.1 Å². The van der Waals surface area contributed by atoms with E-state index in [9.17, 15) is 14.9 Å². The maximum absolute atomic E-state index is 11.2. The fourth-order valence-electron chi connectivity index (χ4n) is 1.69. The van der Waals surface area contributed by atoms with E-state index in [1.54, 1.807) is 25.1 Å². The van der Waals surface area contributed by atoms with Gasteiger partial charge in [0, 0.05) is 16.8 Å². The highest BCUT2D eigenvalue weighted by Gasteiger charge is 2.18. The number of carboxylic acid groups (broad SMARTS) is 1. The lowest BCUT2D eigenvalue weighted by atomic mass is 10.2. The van der Waals surface area contributed by atoms with Gasteiger partial charge < -0.3 is 10.4 Å². The van der Waals surface area contributed by atoms with Crippen LogP contribution in [-0.2, 0) is 0 Å². The predicted octanol–water partition coefficient (Wildman–Crippen LogP) is 3.39. The Morgan fingerprint density at radius 1 is 1.48 bits per heavy atom. The lowest BCUT2D eigenvalue weighted by molar-refractivity contribution is -0.385. The summed E-state index contributed by atoms with van der Waals surface area (Å²) in [6, 6.07) is 6.06. The van der Waals surface area contributed by atoms with Crippen molar-refractivity contribution in [1.82, 2.24) is 4.98 Å². The van der Waals surface area contributed by atoms with E-state index in [0.29, 0.717) is 10.7 Å². The molecule has 0 radical (unpaired) electrons. The van der Waals surface area contributed by atoms with E-state index >= 15 is 0 Å². The standard InChI is InChI=1S/C13H10ClN3O4/c1-7-10(14)3-2-4-11(7)16-12-9(13(18)19)5-8(6-15-12)17(20)21/h2-6H,1H3,(H,15,16)(H,18,19). The topological polar surface area (TPSA) is 105 Å². The summed E-state index contributed by atoms with van der Waals surface area (Å²) < 4.78 is 0. The molecule has 2 aromatic rings. The smallest absolute Gasteiger partial charge is 0.339 e. The molecule has 0 unspecified atom stereocenters. The lowest BCUT2D eigenvalue weighted by Gasteiger charge is -2.11. The van der Waals surface area contributed by atoms with Crippen molar-refractivity contribution in [2.75, 3.05) is 5.32 Å². The summed E-state index contributed by atoms with van der Waals surface area (Å²) in [5.74, 6) is -1.30. The Morgan fingerprint density at radius 3 is 2.81 bits per heavy atom. The molecule has 21 heavy (non-hydrogen) atoms. The Hall–Kier alpha value is -2.67. The van der Waals surface area contributed by atoms with Crippen LogP contribution in [0.15, 0.2) is 30.5 Å². The van der Waals surface area contributed by atoms with Gasteiger partial charge in [-0.2, -0.15) is 0 Å². The molecule has 0 spiro atoms. The van der Waals surface area contributed by atoms with Crippen LogP contribution in [-0.4, -0.2) is 21.0 Å². The molecule has 0 atom stereocenters. The second kappa shape index (κ2) is 5.76. The molecule has 7 nitrogen and oxygen atoms in total. The van der Waals surface area contributed by atoms with Gasteiger partial charge in [-0.05, 0) is 24.6 Å². The minimum Gasteiger partial charge on any atom is -0.478 e. The van der Waals surface area contributed by atoms with Crippen molar-refractivity contribution >= 4 is 34.8 Å². The quantitative estimate of drug-likeness (QED) is 0.662. The van der Waals surface area contributed by atoms with Crippen molar-refractivity contribution in [2.45, 2.75) is 6.92 Å². The third kappa shape index (κ3) is 3.09. The summed E-state index contributed by atoms with van der Waals surface area (Å²) in [6.45, 7) is 1.76. The number of nitrogens with one attached hydrogen (secondary N) is 1. The third-order valence-corrected chi connectivity index (χ3v) is 3.24. The molecule has 1 aromatic carbocycles. The molecular formula is C13H10ClN3O4. The van der Waals surface area contributed by atoms with Crippen molar-refractivity contribution in [3.63, 3.8) is 0 Å². The molecule has 0 amide bonds. The van der Waals surface area contributed by atoms with Gasteiger partial charge in [-0.25, -0.2) is 9.78 Å². The fraction of sp³-hybridized carbons (Fsp3) is 0.0769. The Labute approximate surface area is 124 Å². The van der Waals surface area contributed by atoms with Crippen molar-refractivity contribution < 1.29 is 14.8 Å². The van der Waals surface area contributed by atoms with E-state index < -0.39 is 10.9 Å². The van der Waals surface area contributed by atoms with Crippen molar-refractivity contribution in [3.05, 3.63) is 56.7 Å². The molecule has 0 aliphatic heterocycles. The molecule has 0 saturated carbocycles. The van der Waals surface area contributed by atoms with Crippen LogP contribution >= 0.6 is 11.6 Å². The predicted molar refractivity (Wildman–Crippen MR) is 77.3 cm³/mol. The first-order chi connectivity index (χ1) is 9.90. The van der Waals surface area contributed by atoms with Gasteiger partial charge in [0.1, 0.15) is 17.6 Å². The van der Waals surface area contributed by atoms with Crippen LogP contribution in [0.5, 0.6) is 0 Å². The van der Waals surface area contributed by atoms with E-state index in [2.05, 4.69) is 10.3 Å². The number of hydrogen-bond acceptors (Lipinski definition) is 5. The van der Waals surface area contributed by atoms with Gasteiger partial charge in [0.25, 0.3) is 5.69 Å². The third-order valence-electron chi connectivity index (χ3n) is 2.84. The highest BCUT2D eigenvalue weighted by molar-refractivity contribution is 6.31. The molecule has 8 heteroatoms. The Balaban J connectivity index is 2.46. The Bertz CT molecular complexity index is 733. The number of halogens is 1. The first kappa shape index (κ1) is 14.7. The van der Waals surface area contributed by atoms with Gasteiger partial charge >= 0.3 is 5.97 Å². The summed E-state index contributed by atoms with van der Waals surface area (Å²) in [6.07, 6.45) is 0.995. The molecule has 2 N–H and O–H groups in total. The van der Waals surface area contributed by atoms with Gasteiger partial charge in [-0.1, -0.05) is 17.7 Å². The second-order valence-corrected chi connectivity index (χ2v) is 4.60. The number of aromatic carboxylic acids is 1. The highest BCUT2D eigenvalue weighted by Crippen LogP contribution is 2.28. The summed E-state index contributed by atoms with van der Waals surface area (Å²) >= 11 is 5.98. The summed E-state index contributed by atoms with van der Waals surface area (Å²) in [4.78, 5) is 25.0. The van der Waals surface area contributed by atoms with E-state index in [0.717, 1.165) is 17.8 Å². The number of aromatic nitrogens is 1. The molecule has 0 aliphatic carbocycles. The van der Waals surface area contributed by atoms with Crippen molar-refractivity contribution in [3.8, 4) is 0 Å². The fourth-order valence-corrected chi connectivity index (χ4v) is 1.86. The first-order valence-electron chi connectivity index (χ1n) is 5.80. The maximum Gasteiger partial charge on any atom is 0.339 e. The second-order valence-electron chi connectivity index (χ2n) is 4.19. The molecule has 108 valence electrons. The summed E-state index contributed by atoms with van der Waals surface area (Å²) in [7, 11) is 0.